The molecule has 4 saturated carbocycles. The van der Waals surface area contributed by atoms with Crippen molar-refractivity contribution in [3.05, 3.63) is 0 Å². The first-order chi connectivity index (χ1) is 6.97. The van der Waals surface area contributed by atoms with Gasteiger partial charge >= 0.3 is 0 Å². The summed E-state index contributed by atoms with van der Waals surface area (Å²) < 4.78 is 5.17. The highest BCUT2D eigenvalue weighted by Crippen LogP contribution is 2.60. The molecule has 4 rings (SSSR count). The minimum atomic E-state index is -0.808. The quantitative estimate of drug-likeness (QED) is 0.648. The van der Waals surface area contributed by atoms with Crippen LogP contribution in [-0.2, 0) is 9.53 Å². The summed E-state index contributed by atoms with van der Waals surface area (Å²) in [4.78, 5) is 10.5. The number of hydrogen-bond acceptors (Lipinski definition) is 4. The summed E-state index contributed by atoms with van der Waals surface area (Å²) in [6.07, 6.45) is 3.74. The van der Waals surface area contributed by atoms with Gasteiger partial charge in [-0.2, -0.15) is 0 Å². The van der Waals surface area contributed by atoms with E-state index in [2.05, 4.69) is 0 Å². The standard InChI is InChI=1S/C11H16O4/c12-7-15-11-3-8-1-9(13,5-11)4-10(14,2-8)6-11/h7-8,13-14H,1-6H2. The van der Waals surface area contributed by atoms with Gasteiger partial charge in [-0.25, -0.2) is 0 Å². The minimum Gasteiger partial charge on any atom is -0.461 e. The summed E-state index contributed by atoms with van der Waals surface area (Å²) in [7, 11) is 0. The van der Waals surface area contributed by atoms with Crippen LogP contribution >= 0.6 is 0 Å². The van der Waals surface area contributed by atoms with Gasteiger partial charge < -0.3 is 14.9 Å². The van der Waals surface area contributed by atoms with E-state index in [9.17, 15) is 15.0 Å². The predicted molar refractivity (Wildman–Crippen MR) is 51.0 cm³/mol. The van der Waals surface area contributed by atoms with E-state index in [1.165, 1.54) is 0 Å². The van der Waals surface area contributed by atoms with Crippen LogP contribution in [0.3, 0.4) is 0 Å². The molecule has 4 nitrogen and oxygen atoms in total. The maximum Gasteiger partial charge on any atom is 0.293 e. The van der Waals surface area contributed by atoms with Gasteiger partial charge in [0.15, 0.2) is 0 Å². The first kappa shape index (κ1) is 9.60. The van der Waals surface area contributed by atoms with Crippen LogP contribution in [0.5, 0.6) is 0 Å². The molecule has 2 atom stereocenters. The molecule has 0 radical (unpaired) electrons. The first-order valence-electron chi connectivity index (χ1n) is 5.53. The van der Waals surface area contributed by atoms with Crippen LogP contribution in [0.1, 0.15) is 38.5 Å². The van der Waals surface area contributed by atoms with E-state index in [1.807, 2.05) is 0 Å². The van der Waals surface area contributed by atoms with Gasteiger partial charge in [-0.1, -0.05) is 0 Å². The van der Waals surface area contributed by atoms with Gasteiger partial charge in [0, 0.05) is 19.3 Å². The first-order valence-corrected chi connectivity index (χ1v) is 5.53. The number of aliphatic hydroxyl groups is 2. The van der Waals surface area contributed by atoms with Crippen molar-refractivity contribution in [2.75, 3.05) is 0 Å². The van der Waals surface area contributed by atoms with Gasteiger partial charge in [-0.15, -0.1) is 0 Å². The second kappa shape index (κ2) is 2.55. The Morgan fingerprint density at radius 3 is 2.13 bits per heavy atom. The number of ether oxygens (including phenoxy) is 1. The van der Waals surface area contributed by atoms with Crippen molar-refractivity contribution >= 4 is 6.47 Å². The van der Waals surface area contributed by atoms with Crippen LogP contribution < -0.4 is 0 Å². The molecule has 0 amide bonds. The number of hydrogen-bond donors (Lipinski definition) is 2. The fraction of sp³-hybridized carbons (Fsp3) is 0.909. The summed E-state index contributed by atoms with van der Waals surface area (Å²) in [6.45, 7) is 0.458. The molecule has 2 N–H and O–H groups in total. The molecule has 15 heavy (non-hydrogen) atoms. The van der Waals surface area contributed by atoms with Gasteiger partial charge in [-0.3, -0.25) is 4.79 Å². The second-order valence-electron chi connectivity index (χ2n) is 5.85. The molecular weight excluding hydrogens is 196 g/mol. The topological polar surface area (TPSA) is 66.8 Å². The molecule has 0 aromatic carbocycles. The molecule has 4 fully saturated rings. The molecule has 4 heteroatoms. The van der Waals surface area contributed by atoms with Gasteiger partial charge in [-0.05, 0) is 25.2 Å². The zero-order valence-corrected chi connectivity index (χ0v) is 8.61. The molecular formula is C11H16O4. The fourth-order valence-electron chi connectivity index (χ4n) is 4.48. The van der Waals surface area contributed by atoms with E-state index in [4.69, 9.17) is 4.74 Å². The number of carbonyl (C=O) groups is 1. The summed E-state index contributed by atoms with van der Waals surface area (Å²) in [5, 5.41) is 20.6. The van der Waals surface area contributed by atoms with Crippen molar-refractivity contribution in [3.8, 4) is 0 Å². The molecule has 2 unspecified atom stereocenters. The van der Waals surface area contributed by atoms with Crippen LogP contribution in [0.2, 0.25) is 0 Å². The number of rotatable bonds is 2. The average molecular weight is 212 g/mol. The summed E-state index contributed by atoms with van der Waals surface area (Å²) in [5.41, 5.74) is -2.21. The summed E-state index contributed by atoms with van der Waals surface area (Å²) in [5.74, 6) is 0.302. The Hall–Kier alpha value is -0.610. The van der Waals surface area contributed by atoms with Crippen molar-refractivity contribution in [1.82, 2.24) is 0 Å². The van der Waals surface area contributed by atoms with E-state index in [0.29, 0.717) is 31.7 Å². The third-order valence-corrected chi connectivity index (χ3v) is 4.26. The Morgan fingerprint density at radius 1 is 1.07 bits per heavy atom. The molecule has 0 aromatic rings. The molecule has 84 valence electrons. The molecule has 0 aliphatic heterocycles. The molecule has 4 aliphatic rings. The van der Waals surface area contributed by atoms with E-state index in [1.54, 1.807) is 0 Å². The zero-order valence-electron chi connectivity index (χ0n) is 8.61. The van der Waals surface area contributed by atoms with Crippen molar-refractivity contribution in [3.63, 3.8) is 0 Å². The molecule has 0 heterocycles. The van der Waals surface area contributed by atoms with Crippen LogP contribution in [0, 0.1) is 5.92 Å². The molecule has 4 aliphatic carbocycles. The largest absolute Gasteiger partial charge is 0.461 e. The third kappa shape index (κ3) is 1.31. The molecule has 4 bridgehead atoms. The lowest BCUT2D eigenvalue weighted by Crippen LogP contribution is -2.66. The van der Waals surface area contributed by atoms with Crippen molar-refractivity contribution < 1.29 is 19.7 Å². The molecule has 0 aromatic heterocycles. The monoisotopic (exact) mass is 212 g/mol. The SMILES string of the molecule is O=COC12CC3CC(O)(CC(O)(C3)C1)C2. The van der Waals surface area contributed by atoms with Crippen LogP contribution in [0.25, 0.3) is 0 Å². The van der Waals surface area contributed by atoms with Crippen molar-refractivity contribution in [2.24, 2.45) is 5.92 Å². The smallest absolute Gasteiger partial charge is 0.293 e. The predicted octanol–water partition coefficient (Wildman–Crippen LogP) is 0.358. The van der Waals surface area contributed by atoms with E-state index in [-0.39, 0.29) is 0 Å². The van der Waals surface area contributed by atoms with Gasteiger partial charge in [0.25, 0.3) is 6.47 Å². The molecule has 0 saturated heterocycles. The highest BCUT2D eigenvalue weighted by Gasteiger charge is 2.64. The van der Waals surface area contributed by atoms with E-state index in [0.717, 1.165) is 19.3 Å². The van der Waals surface area contributed by atoms with Crippen LogP contribution in [-0.4, -0.2) is 33.5 Å². The van der Waals surface area contributed by atoms with Crippen molar-refractivity contribution in [2.45, 2.75) is 55.3 Å². The lowest BCUT2D eigenvalue weighted by atomic mass is 9.50. The maximum absolute atomic E-state index is 10.5. The highest BCUT2D eigenvalue weighted by atomic mass is 16.5. The Labute approximate surface area is 88.2 Å². The summed E-state index contributed by atoms with van der Waals surface area (Å²) >= 11 is 0. The maximum atomic E-state index is 10.5. The number of carbonyl (C=O) groups excluding carboxylic acids is 1. The summed E-state index contributed by atoms with van der Waals surface area (Å²) in [6, 6.07) is 0. The van der Waals surface area contributed by atoms with Crippen molar-refractivity contribution in [1.29, 1.82) is 0 Å². The van der Waals surface area contributed by atoms with Gasteiger partial charge in [0.2, 0.25) is 0 Å². The zero-order chi connectivity index (χ0) is 10.7. The third-order valence-electron chi connectivity index (χ3n) is 4.26. The van der Waals surface area contributed by atoms with Gasteiger partial charge in [0.05, 0.1) is 11.2 Å². The van der Waals surface area contributed by atoms with Gasteiger partial charge in [0.1, 0.15) is 5.60 Å². The fourth-order valence-corrected chi connectivity index (χ4v) is 4.48. The Kier molecular flexibility index (Phi) is 1.63. The lowest BCUT2D eigenvalue weighted by Gasteiger charge is -2.61. The normalized spacial score (nSPS) is 56.8. The minimum absolute atomic E-state index is 0.302. The van der Waals surface area contributed by atoms with Crippen LogP contribution in [0.4, 0.5) is 0 Å². The lowest BCUT2D eigenvalue weighted by molar-refractivity contribution is -0.256. The van der Waals surface area contributed by atoms with Crippen LogP contribution in [0.15, 0.2) is 0 Å². The second-order valence-corrected chi connectivity index (χ2v) is 5.85. The molecule has 0 spiro atoms. The Bertz CT molecular complexity index is 296. The van der Waals surface area contributed by atoms with E-state index < -0.39 is 16.8 Å². The highest BCUT2D eigenvalue weighted by molar-refractivity contribution is 5.39. The Morgan fingerprint density at radius 2 is 1.67 bits per heavy atom. The average Bonchev–Trinajstić information content (AvgIpc) is 1.94. The van der Waals surface area contributed by atoms with E-state index >= 15 is 0 Å². The Balaban J connectivity index is 1.98.